The van der Waals surface area contributed by atoms with E-state index in [9.17, 15) is 0 Å². The Hall–Kier alpha value is -0.730. The number of hydrogen-bond acceptors (Lipinski definition) is 2. The van der Waals surface area contributed by atoms with Crippen LogP contribution < -0.4 is 10.2 Å². The van der Waals surface area contributed by atoms with Crippen molar-refractivity contribution in [2.75, 3.05) is 18.5 Å². The standard InChI is InChI=1S/C17H27ClN2/c1-12(2)10-19-11-15-7-8-16(9-17(15)18)20(4)13(3)14-5-6-14/h7-9,12-14,19H,5-6,10-11H2,1-4H3. The predicted octanol–water partition coefficient (Wildman–Crippen LogP) is 4.32. The van der Waals surface area contributed by atoms with Gasteiger partial charge in [0, 0.05) is 30.3 Å². The zero-order valence-electron chi connectivity index (χ0n) is 13.1. The number of anilines is 1. The van der Waals surface area contributed by atoms with E-state index < -0.39 is 0 Å². The largest absolute Gasteiger partial charge is 0.372 e. The highest BCUT2D eigenvalue weighted by molar-refractivity contribution is 6.31. The summed E-state index contributed by atoms with van der Waals surface area (Å²) in [4.78, 5) is 2.36. The minimum atomic E-state index is 0.607. The van der Waals surface area contributed by atoms with Crippen LogP contribution >= 0.6 is 11.6 Å². The molecule has 1 fully saturated rings. The fourth-order valence-electron chi connectivity index (χ4n) is 2.52. The molecule has 0 aromatic heterocycles. The van der Waals surface area contributed by atoms with Gasteiger partial charge in [0.15, 0.2) is 0 Å². The van der Waals surface area contributed by atoms with Crippen LogP contribution in [0.5, 0.6) is 0 Å². The molecular weight excluding hydrogens is 268 g/mol. The molecule has 0 saturated heterocycles. The molecule has 1 atom stereocenters. The van der Waals surface area contributed by atoms with Crippen molar-refractivity contribution in [1.82, 2.24) is 5.32 Å². The molecule has 1 aliphatic carbocycles. The summed E-state index contributed by atoms with van der Waals surface area (Å²) in [5, 5.41) is 4.31. The number of nitrogens with one attached hydrogen (secondary N) is 1. The summed E-state index contributed by atoms with van der Waals surface area (Å²) in [6, 6.07) is 7.06. The van der Waals surface area contributed by atoms with Crippen LogP contribution in [0, 0.1) is 11.8 Å². The molecule has 3 heteroatoms. The topological polar surface area (TPSA) is 15.3 Å². The lowest BCUT2D eigenvalue weighted by Gasteiger charge is -2.27. The molecular formula is C17H27ClN2. The van der Waals surface area contributed by atoms with Crippen LogP contribution in [0.3, 0.4) is 0 Å². The second-order valence-corrected chi connectivity index (χ2v) is 6.90. The Labute approximate surface area is 128 Å². The summed E-state index contributed by atoms with van der Waals surface area (Å²) in [6.07, 6.45) is 2.74. The molecule has 0 spiro atoms. The molecule has 1 aromatic carbocycles. The van der Waals surface area contributed by atoms with Crippen molar-refractivity contribution in [2.24, 2.45) is 11.8 Å². The van der Waals surface area contributed by atoms with Gasteiger partial charge in [-0.15, -0.1) is 0 Å². The summed E-state index contributed by atoms with van der Waals surface area (Å²) >= 11 is 6.42. The van der Waals surface area contributed by atoms with E-state index >= 15 is 0 Å². The van der Waals surface area contributed by atoms with Gasteiger partial charge in [-0.2, -0.15) is 0 Å². The lowest BCUT2D eigenvalue weighted by Crippen LogP contribution is -2.30. The Morgan fingerprint density at radius 1 is 1.30 bits per heavy atom. The van der Waals surface area contributed by atoms with Gasteiger partial charge in [-0.3, -0.25) is 0 Å². The van der Waals surface area contributed by atoms with E-state index in [0.29, 0.717) is 12.0 Å². The first-order chi connectivity index (χ1) is 9.49. The Bertz CT molecular complexity index is 441. The van der Waals surface area contributed by atoms with Gasteiger partial charge in [0.05, 0.1) is 0 Å². The Morgan fingerprint density at radius 3 is 2.55 bits per heavy atom. The van der Waals surface area contributed by atoms with Crippen molar-refractivity contribution >= 4 is 17.3 Å². The maximum atomic E-state index is 6.42. The zero-order chi connectivity index (χ0) is 14.7. The molecule has 1 aliphatic rings. The smallest absolute Gasteiger partial charge is 0.0471 e. The Morgan fingerprint density at radius 2 is 2.00 bits per heavy atom. The van der Waals surface area contributed by atoms with Crippen LogP contribution in [0.4, 0.5) is 5.69 Å². The monoisotopic (exact) mass is 294 g/mol. The Kier molecular flexibility index (Phi) is 5.34. The summed E-state index contributed by atoms with van der Waals surface area (Å²) in [5.74, 6) is 1.53. The van der Waals surface area contributed by atoms with E-state index in [1.54, 1.807) is 0 Å². The lowest BCUT2D eigenvalue weighted by atomic mass is 10.1. The summed E-state index contributed by atoms with van der Waals surface area (Å²) < 4.78 is 0. The SMILES string of the molecule is CC(C)CNCc1ccc(N(C)C(C)C2CC2)cc1Cl. The highest BCUT2D eigenvalue weighted by Gasteiger charge is 2.30. The van der Waals surface area contributed by atoms with Crippen molar-refractivity contribution in [3.8, 4) is 0 Å². The molecule has 0 bridgehead atoms. The van der Waals surface area contributed by atoms with E-state index in [-0.39, 0.29) is 0 Å². The third-order valence-corrected chi connectivity index (χ3v) is 4.58. The van der Waals surface area contributed by atoms with Gasteiger partial charge >= 0.3 is 0 Å². The molecule has 1 N–H and O–H groups in total. The first-order valence-corrected chi connectivity index (χ1v) is 8.08. The fourth-order valence-corrected chi connectivity index (χ4v) is 2.77. The van der Waals surface area contributed by atoms with Crippen molar-refractivity contribution in [3.05, 3.63) is 28.8 Å². The Balaban J connectivity index is 1.97. The van der Waals surface area contributed by atoms with Gasteiger partial charge in [0.2, 0.25) is 0 Å². The van der Waals surface area contributed by atoms with Crippen LogP contribution in [0.2, 0.25) is 5.02 Å². The minimum Gasteiger partial charge on any atom is -0.372 e. The molecule has 112 valence electrons. The minimum absolute atomic E-state index is 0.607. The molecule has 2 rings (SSSR count). The summed E-state index contributed by atoms with van der Waals surface area (Å²) in [5.41, 5.74) is 2.41. The van der Waals surface area contributed by atoms with Gasteiger partial charge in [-0.1, -0.05) is 31.5 Å². The van der Waals surface area contributed by atoms with Crippen molar-refractivity contribution in [2.45, 2.75) is 46.2 Å². The number of hydrogen-bond donors (Lipinski definition) is 1. The van der Waals surface area contributed by atoms with E-state index in [0.717, 1.165) is 24.0 Å². The average Bonchev–Trinajstić information content (AvgIpc) is 3.23. The highest BCUT2D eigenvalue weighted by Crippen LogP contribution is 2.36. The molecule has 0 amide bonds. The fraction of sp³-hybridized carbons (Fsp3) is 0.647. The summed E-state index contributed by atoms with van der Waals surface area (Å²) in [7, 11) is 2.17. The predicted molar refractivity (Wildman–Crippen MR) is 88.6 cm³/mol. The number of rotatable bonds is 7. The molecule has 20 heavy (non-hydrogen) atoms. The van der Waals surface area contributed by atoms with Crippen LogP contribution in [0.15, 0.2) is 18.2 Å². The molecule has 0 aliphatic heterocycles. The van der Waals surface area contributed by atoms with Gasteiger partial charge in [-0.25, -0.2) is 0 Å². The molecule has 0 radical (unpaired) electrons. The van der Waals surface area contributed by atoms with Crippen LogP contribution in [-0.4, -0.2) is 19.6 Å². The second kappa shape index (κ2) is 6.82. The number of nitrogens with zero attached hydrogens (tertiary/aromatic N) is 1. The molecule has 1 saturated carbocycles. The van der Waals surface area contributed by atoms with Gasteiger partial charge in [0.25, 0.3) is 0 Å². The highest BCUT2D eigenvalue weighted by atomic mass is 35.5. The first kappa shape index (κ1) is 15.7. The molecule has 0 heterocycles. The normalized spacial score (nSPS) is 16.5. The van der Waals surface area contributed by atoms with Crippen molar-refractivity contribution in [1.29, 1.82) is 0 Å². The van der Waals surface area contributed by atoms with E-state index in [4.69, 9.17) is 11.6 Å². The van der Waals surface area contributed by atoms with E-state index in [1.165, 1.54) is 24.1 Å². The van der Waals surface area contributed by atoms with Gasteiger partial charge in [0.1, 0.15) is 0 Å². The molecule has 2 nitrogen and oxygen atoms in total. The van der Waals surface area contributed by atoms with Gasteiger partial charge < -0.3 is 10.2 Å². The van der Waals surface area contributed by atoms with Gasteiger partial charge in [-0.05, 0) is 55.8 Å². The average molecular weight is 295 g/mol. The zero-order valence-corrected chi connectivity index (χ0v) is 13.9. The quantitative estimate of drug-likeness (QED) is 0.805. The van der Waals surface area contributed by atoms with Crippen LogP contribution in [0.1, 0.15) is 39.2 Å². The van der Waals surface area contributed by atoms with Crippen molar-refractivity contribution < 1.29 is 0 Å². The van der Waals surface area contributed by atoms with Crippen molar-refractivity contribution in [3.63, 3.8) is 0 Å². The van der Waals surface area contributed by atoms with E-state index in [1.807, 2.05) is 0 Å². The first-order valence-electron chi connectivity index (χ1n) is 7.71. The second-order valence-electron chi connectivity index (χ2n) is 6.49. The third kappa shape index (κ3) is 4.13. The summed E-state index contributed by atoms with van der Waals surface area (Å²) in [6.45, 7) is 8.61. The van der Waals surface area contributed by atoms with Crippen LogP contribution in [0.25, 0.3) is 0 Å². The number of benzene rings is 1. The molecule has 1 unspecified atom stereocenters. The van der Waals surface area contributed by atoms with E-state index in [2.05, 4.69) is 56.2 Å². The maximum Gasteiger partial charge on any atom is 0.0471 e. The van der Waals surface area contributed by atoms with Crippen LogP contribution in [-0.2, 0) is 6.54 Å². The molecule has 1 aromatic rings. The third-order valence-electron chi connectivity index (χ3n) is 4.23. The maximum absolute atomic E-state index is 6.42. The lowest BCUT2D eigenvalue weighted by molar-refractivity contribution is 0.552. The number of halogens is 1.